The second-order valence-electron chi connectivity index (χ2n) is 5.17. The fourth-order valence-electron chi connectivity index (χ4n) is 2.74. The van der Waals surface area contributed by atoms with Gasteiger partial charge in [0.1, 0.15) is 11.2 Å². The summed E-state index contributed by atoms with van der Waals surface area (Å²) in [7, 11) is 0. The van der Waals surface area contributed by atoms with Crippen molar-refractivity contribution in [1.82, 2.24) is 0 Å². The van der Waals surface area contributed by atoms with Gasteiger partial charge in [-0.05, 0) is 35.9 Å². The van der Waals surface area contributed by atoms with Crippen molar-refractivity contribution in [3.63, 3.8) is 0 Å². The van der Waals surface area contributed by atoms with Crippen molar-refractivity contribution in [3.05, 3.63) is 70.4 Å². The molecule has 0 aliphatic heterocycles. The summed E-state index contributed by atoms with van der Waals surface area (Å²) in [5.41, 5.74) is 2.50. The lowest BCUT2D eigenvalue weighted by molar-refractivity contribution is -0.191. The molecule has 0 unspecified atom stereocenters. The second-order valence-corrected chi connectivity index (χ2v) is 5.17. The molecule has 4 rings (SSSR count). The van der Waals surface area contributed by atoms with Crippen LogP contribution < -0.4 is 5.43 Å². The molecule has 4 heteroatoms. The molecule has 0 saturated heterocycles. The van der Waals surface area contributed by atoms with Crippen molar-refractivity contribution in [2.45, 2.75) is 6.92 Å². The molecule has 0 N–H and O–H groups in total. The summed E-state index contributed by atoms with van der Waals surface area (Å²) in [5.74, 6) is 0. The Hall–Kier alpha value is -3.23. The highest BCUT2D eigenvalue weighted by Gasteiger charge is 2.10. The molecule has 0 saturated carbocycles. The van der Waals surface area contributed by atoms with E-state index in [4.69, 9.17) is 14.0 Å². The maximum absolute atomic E-state index is 12.7. The SMILES string of the molecule is Cc1ccc2c(ccc3oc4ccccc4c(=O)c32)c1.O=C=O. The molecule has 0 spiro atoms. The lowest BCUT2D eigenvalue weighted by Gasteiger charge is -2.05. The second kappa shape index (κ2) is 5.87. The predicted molar refractivity (Wildman–Crippen MR) is 87.2 cm³/mol. The Morgan fingerprint density at radius 2 is 1.61 bits per heavy atom. The molecule has 4 nitrogen and oxygen atoms in total. The molecule has 4 aromatic rings. The summed E-state index contributed by atoms with van der Waals surface area (Å²) in [4.78, 5) is 29.0. The van der Waals surface area contributed by atoms with E-state index in [1.54, 1.807) is 0 Å². The highest BCUT2D eigenvalue weighted by atomic mass is 16.3. The van der Waals surface area contributed by atoms with E-state index in [1.165, 1.54) is 5.56 Å². The first-order chi connectivity index (χ1) is 11.2. The van der Waals surface area contributed by atoms with Gasteiger partial charge < -0.3 is 4.42 Å². The van der Waals surface area contributed by atoms with Crippen molar-refractivity contribution in [2.24, 2.45) is 0 Å². The fraction of sp³-hybridized carbons (Fsp3) is 0.0526. The van der Waals surface area contributed by atoms with Crippen LogP contribution in [0.15, 0.2) is 63.8 Å². The number of carbonyl (C=O) groups excluding carboxylic acids is 2. The van der Waals surface area contributed by atoms with Crippen LogP contribution in [0.25, 0.3) is 32.7 Å². The first kappa shape index (κ1) is 14.7. The Bertz CT molecular complexity index is 1120. The highest BCUT2D eigenvalue weighted by Crippen LogP contribution is 2.26. The number of benzene rings is 3. The monoisotopic (exact) mass is 304 g/mol. The molecular weight excluding hydrogens is 292 g/mol. The Morgan fingerprint density at radius 3 is 2.39 bits per heavy atom. The molecule has 0 aliphatic rings. The van der Waals surface area contributed by atoms with Crippen molar-refractivity contribution in [2.75, 3.05) is 0 Å². The van der Waals surface area contributed by atoms with Gasteiger partial charge >= 0.3 is 6.15 Å². The normalized spacial score (nSPS) is 10.3. The summed E-state index contributed by atoms with van der Waals surface area (Å²) in [5, 5.41) is 3.32. The van der Waals surface area contributed by atoms with Gasteiger partial charge in [-0.15, -0.1) is 0 Å². The van der Waals surface area contributed by atoms with Crippen LogP contribution in [0.1, 0.15) is 5.56 Å². The molecule has 0 atom stereocenters. The first-order valence-electron chi connectivity index (χ1n) is 7.00. The molecule has 23 heavy (non-hydrogen) atoms. The van der Waals surface area contributed by atoms with Crippen LogP contribution in [0.2, 0.25) is 0 Å². The van der Waals surface area contributed by atoms with E-state index in [1.807, 2.05) is 55.5 Å². The van der Waals surface area contributed by atoms with E-state index in [2.05, 4.69) is 6.07 Å². The lowest BCUT2D eigenvalue weighted by atomic mass is 10.0. The van der Waals surface area contributed by atoms with Gasteiger partial charge in [0, 0.05) is 0 Å². The lowest BCUT2D eigenvalue weighted by Crippen LogP contribution is -2.02. The quantitative estimate of drug-likeness (QED) is 0.366. The van der Waals surface area contributed by atoms with Crippen LogP contribution in [-0.4, -0.2) is 6.15 Å². The predicted octanol–water partition coefficient (Wildman–Crippen LogP) is 3.82. The molecule has 3 aromatic carbocycles. The number of aryl methyl sites for hydroxylation is 1. The minimum Gasteiger partial charge on any atom is -0.456 e. The zero-order valence-electron chi connectivity index (χ0n) is 12.3. The molecule has 0 aliphatic carbocycles. The molecule has 0 radical (unpaired) electrons. The van der Waals surface area contributed by atoms with Gasteiger partial charge in [0.25, 0.3) is 0 Å². The van der Waals surface area contributed by atoms with E-state index < -0.39 is 0 Å². The van der Waals surface area contributed by atoms with E-state index in [-0.39, 0.29) is 11.6 Å². The number of rotatable bonds is 0. The number of para-hydroxylation sites is 1. The van der Waals surface area contributed by atoms with Gasteiger partial charge in [-0.2, -0.15) is 9.59 Å². The van der Waals surface area contributed by atoms with Gasteiger partial charge in [-0.1, -0.05) is 42.0 Å². The Balaban J connectivity index is 0.000000485. The summed E-state index contributed by atoms with van der Waals surface area (Å²) in [6, 6.07) is 17.4. The van der Waals surface area contributed by atoms with Gasteiger partial charge in [0.15, 0.2) is 0 Å². The smallest absolute Gasteiger partial charge is 0.373 e. The molecule has 1 aromatic heterocycles. The Labute approximate surface area is 131 Å². The maximum atomic E-state index is 12.7. The minimum absolute atomic E-state index is 0.0382. The van der Waals surface area contributed by atoms with Crippen LogP contribution in [0, 0.1) is 6.92 Å². The summed E-state index contributed by atoms with van der Waals surface area (Å²) < 4.78 is 5.87. The van der Waals surface area contributed by atoms with Gasteiger partial charge in [-0.25, -0.2) is 0 Å². The van der Waals surface area contributed by atoms with Crippen LogP contribution in [0.5, 0.6) is 0 Å². The van der Waals surface area contributed by atoms with E-state index in [0.717, 1.165) is 10.8 Å². The summed E-state index contributed by atoms with van der Waals surface area (Å²) in [6.45, 7) is 2.05. The molecule has 112 valence electrons. The zero-order valence-corrected chi connectivity index (χ0v) is 12.3. The third-order valence-electron chi connectivity index (χ3n) is 3.72. The third kappa shape index (κ3) is 2.52. The Morgan fingerprint density at radius 1 is 0.870 bits per heavy atom. The van der Waals surface area contributed by atoms with E-state index in [0.29, 0.717) is 21.9 Å². The molecular formula is C19H12O4. The number of fused-ring (bicyclic) bond motifs is 4. The standard InChI is InChI=1S/C18H12O2.CO2/c1-11-6-8-13-12(10-11)7-9-16-17(13)18(19)14-4-2-3-5-15(14)20-16;2-1-3/h2-10H,1H3;. The van der Waals surface area contributed by atoms with Gasteiger partial charge in [0.05, 0.1) is 10.8 Å². The average molecular weight is 304 g/mol. The van der Waals surface area contributed by atoms with Crippen molar-refractivity contribution in [1.29, 1.82) is 0 Å². The topological polar surface area (TPSA) is 64.3 Å². The van der Waals surface area contributed by atoms with Crippen LogP contribution in [0.4, 0.5) is 0 Å². The molecule has 0 fully saturated rings. The summed E-state index contributed by atoms with van der Waals surface area (Å²) in [6.07, 6.45) is 0.250. The van der Waals surface area contributed by atoms with Crippen LogP contribution >= 0.6 is 0 Å². The third-order valence-corrected chi connectivity index (χ3v) is 3.72. The van der Waals surface area contributed by atoms with Crippen molar-refractivity contribution in [3.8, 4) is 0 Å². The minimum atomic E-state index is 0.0382. The Kier molecular flexibility index (Phi) is 3.75. The van der Waals surface area contributed by atoms with Gasteiger partial charge in [-0.3, -0.25) is 4.79 Å². The first-order valence-corrected chi connectivity index (χ1v) is 7.00. The van der Waals surface area contributed by atoms with Crippen LogP contribution in [-0.2, 0) is 9.59 Å². The number of hydrogen-bond acceptors (Lipinski definition) is 4. The number of hydrogen-bond donors (Lipinski definition) is 0. The molecule has 0 amide bonds. The molecule has 1 heterocycles. The molecule has 0 bridgehead atoms. The largest absolute Gasteiger partial charge is 0.456 e. The van der Waals surface area contributed by atoms with Crippen molar-refractivity contribution >= 4 is 38.9 Å². The van der Waals surface area contributed by atoms with Gasteiger partial charge in [0.2, 0.25) is 5.43 Å². The van der Waals surface area contributed by atoms with E-state index in [9.17, 15) is 4.79 Å². The van der Waals surface area contributed by atoms with Crippen molar-refractivity contribution < 1.29 is 14.0 Å². The fourth-order valence-corrected chi connectivity index (χ4v) is 2.74. The highest BCUT2D eigenvalue weighted by molar-refractivity contribution is 6.08. The van der Waals surface area contributed by atoms with Crippen LogP contribution in [0.3, 0.4) is 0 Å². The van der Waals surface area contributed by atoms with E-state index >= 15 is 0 Å². The summed E-state index contributed by atoms with van der Waals surface area (Å²) >= 11 is 0. The average Bonchev–Trinajstić information content (AvgIpc) is 2.55. The zero-order chi connectivity index (χ0) is 16.4. The maximum Gasteiger partial charge on any atom is 0.373 e.